The number of nitrogens with one attached hydrogen (secondary N) is 1. The molecule has 0 saturated carbocycles. The van der Waals surface area contributed by atoms with Crippen molar-refractivity contribution in [3.05, 3.63) is 17.0 Å². The standard InChI is InChI=1S/C19H32N6O2/c1-14-17(16(3)27-22-14)13-21-19(20-4)25-11-9-23(10-12-25)15(2)18(26)24-7-5-6-8-24/h15H,5-13H2,1-4H3,(H,20,21). The molecule has 0 aromatic carbocycles. The Morgan fingerprint density at radius 1 is 1.15 bits per heavy atom. The first kappa shape index (κ1) is 19.7. The number of carbonyl (C=O) groups is 1. The summed E-state index contributed by atoms with van der Waals surface area (Å²) in [4.78, 5) is 23.6. The third-order valence-electron chi connectivity index (χ3n) is 5.75. The largest absolute Gasteiger partial charge is 0.361 e. The number of aromatic nitrogens is 1. The van der Waals surface area contributed by atoms with Crippen LogP contribution < -0.4 is 5.32 Å². The van der Waals surface area contributed by atoms with E-state index in [1.165, 1.54) is 0 Å². The van der Waals surface area contributed by atoms with Crippen molar-refractivity contribution in [2.45, 2.75) is 46.2 Å². The first-order valence-electron chi connectivity index (χ1n) is 9.91. The number of aliphatic imine (C=N–C) groups is 1. The normalized spacial score (nSPS) is 20.2. The Morgan fingerprint density at radius 2 is 1.81 bits per heavy atom. The molecule has 2 aliphatic heterocycles. The van der Waals surface area contributed by atoms with Gasteiger partial charge in [0.25, 0.3) is 0 Å². The summed E-state index contributed by atoms with van der Waals surface area (Å²) in [5.41, 5.74) is 1.99. The molecular weight excluding hydrogens is 344 g/mol. The highest BCUT2D eigenvalue weighted by Gasteiger charge is 2.30. The lowest BCUT2D eigenvalue weighted by molar-refractivity contribution is -0.135. The van der Waals surface area contributed by atoms with Crippen LogP contribution in [-0.2, 0) is 11.3 Å². The zero-order valence-corrected chi connectivity index (χ0v) is 17.0. The lowest BCUT2D eigenvalue weighted by Gasteiger charge is -2.39. The Hall–Kier alpha value is -2.09. The fraction of sp³-hybridized carbons (Fsp3) is 0.737. The van der Waals surface area contributed by atoms with Crippen molar-refractivity contribution in [2.75, 3.05) is 46.3 Å². The third-order valence-corrected chi connectivity index (χ3v) is 5.75. The Morgan fingerprint density at radius 3 is 2.37 bits per heavy atom. The van der Waals surface area contributed by atoms with Crippen LogP contribution in [-0.4, -0.2) is 84.1 Å². The van der Waals surface area contributed by atoms with Crippen LogP contribution in [0.5, 0.6) is 0 Å². The maximum absolute atomic E-state index is 12.6. The maximum Gasteiger partial charge on any atom is 0.239 e. The minimum Gasteiger partial charge on any atom is -0.361 e. The van der Waals surface area contributed by atoms with Crippen LogP contribution in [0.15, 0.2) is 9.52 Å². The highest BCUT2D eigenvalue weighted by molar-refractivity contribution is 5.82. The molecule has 150 valence electrons. The second-order valence-corrected chi connectivity index (χ2v) is 7.43. The molecule has 8 nitrogen and oxygen atoms in total. The fourth-order valence-corrected chi connectivity index (χ4v) is 3.93. The summed E-state index contributed by atoms with van der Waals surface area (Å²) in [6, 6.07) is -0.0393. The van der Waals surface area contributed by atoms with Gasteiger partial charge in [0.1, 0.15) is 5.76 Å². The molecule has 1 amide bonds. The molecule has 1 unspecified atom stereocenters. The predicted octanol–water partition coefficient (Wildman–Crippen LogP) is 0.995. The second kappa shape index (κ2) is 8.73. The van der Waals surface area contributed by atoms with Gasteiger partial charge in [-0.3, -0.25) is 14.7 Å². The lowest BCUT2D eigenvalue weighted by atomic mass is 10.2. The van der Waals surface area contributed by atoms with Crippen molar-refractivity contribution in [3.63, 3.8) is 0 Å². The topological polar surface area (TPSA) is 77.2 Å². The van der Waals surface area contributed by atoms with Crippen LogP contribution >= 0.6 is 0 Å². The minimum atomic E-state index is -0.0393. The van der Waals surface area contributed by atoms with E-state index in [-0.39, 0.29) is 11.9 Å². The summed E-state index contributed by atoms with van der Waals surface area (Å²) >= 11 is 0. The molecule has 0 radical (unpaired) electrons. The first-order chi connectivity index (χ1) is 13.0. The van der Waals surface area contributed by atoms with E-state index in [4.69, 9.17) is 4.52 Å². The van der Waals surface area contributed by atoms with Gasteiger partial charge in [-0.05, 0) is 33.6 Å². The molecule has 2 saturated heterocycles. The van der Waals surface area contributed by atoms with Gasteiger partial charge in [0.2, 0.25) is 5.91 Å². The van der Waals surface area contributed by atoms with Gasteiger partial charge in [-0.2, -0.15) is 0 Å². The van der Waals surface area contributed by atoms with Gasteiger partial charge in [-0.1, -0.05) is 5.16 Å². The van der Waals surface area contributed by atoms with Gasteiger partial charge in [-0.15, -0.1) is 0 Å². The number of aryl methyl sites for hydroxylation is 2. The molecule has 1 N–H and O–H groups in total. The number of amides is 1. The molecule has 1 aromatic rings. The lowest BCUT2D eigenvalue weighted by Crippen LogP contribution is -2.57. The SMILES string of the molecule is CN=C(NCc1c(C)noc1C)N1CCN(C(C)C(=O)N2CCCC2)CC1. The summed E-state index contributed by atoms with van der Waals surface area (Å²) in [5, 5.41) is 7.42. The van der Waals surface area contributed by atoms with Crippen molar-refractivity contribution >= 4 is 11.9 Å². The highest BCUT2D eigenvalue weighted by Crippen LogP contribution is 2.15. The van der Waals surface area contributed by atoms with Crippen LogP contribution in [0.25, 0.3) is 0 Å². The Kier molecular flexibility index (Phi) is 6.36. The van der Waals surface area contributed by atoms with Crippen LogP contribution in [0.4, 0.5) is 0 Å². The van der Waals surface area contributed by atoms with Crippen molar-refractivity contribution < 1.29 is 9.32 Å². The van der Waals surface area contributed by atoms with Crippen LogP contribution in [0.1, 0.15) is 36.8 Å². The van der Waals surface area contributed by atoms with E-state index in [1.54, 1.807) is 0 Å². The third kappa shape index (κ3) is 4.43. The smallest absolute Gasteiger partial charge is 0.239 e. The Balaban J connectivity index is 1.50. The molecule has 2 fully saturated rings. The Bertz CT molecular complexity index is 652. The molecule has 1 atom stereocenters. The van der Waals surface area contributed by atoms with Gasteiger partial charge >= 0.3 is 0 Å². The zero-order valence-electron chi connectivity index (χ0n) is 17.0. The number of hydrogen-bond donors (Lipinski definition) is 1. The van der Waals surface area contributed by atoms with Crippen LogP contribution in [0, 0.1) is 13.8 Å². The first-order valence-corrected chi connectivity index (χ1v) is 9.91. The maximum atomic E-state index is 12.6. The number of piperazine rings is 1. The van der Waals surface area contributed by atoms with Crippen molar-refractivity contribution in [3.8, 4) is 0 Å². The number of rotatable bonds is 4. The average molecular weight is 377 g/mol. The molecule has 27 heavy (non-hydrogen) atoms. The molecule has 8 heteroatoms. The number of likely N-dealkylation sites (tertiary alicyclic amines) is 1. The molecule has 0 spiro atoms. The quantitative estimate of drug-likeness (QED) is 0.624. The molecule has 1 aromatic heterocycles. The van der Waals surface area contributed by atoms with Crippen LogP contribution in [0.3, 0.4) is 0 Å². The minimum absolute atomic E-state index is 0.0393. The second-order valence-electron chi connectivity index (χ2n) is 7.43. The summed E-state index contributed by atoms with van der Waals surface area (Å²) in [7, 11) is 1.81. The van der Waals surface area contributed by atoms with Gasteiger partial charge in [-0.25, -0.2) is 0 Å². The van der Waals surface area contributed by atoms with E-state index >= 15 is 0 Å². The number of guanidine groups is 1. The van der Waals surface area contributed by atoms with Gasteiger partial charge in [0, 0.05) is 58.4 Å². The molecule has 2 aliphatic rings. The molecule has 3 rings (SSSR count). The van der Waals surface area contributed by atoms with E-state index in [2.05, 4.69) is 25.3 Å². The van der Waals surface area contributed by atoms with Crippen molar-refractivity contribution in [1.82, 2.24) is 25.2 Å². The molecule has 3 heterocycles. The van der Waals surface area contributed by atoms with Gasteiger partial charge < -0.3 is 19.6 Å². The van der Waals surface area contributed by atoms with E-state index in [0.29, 0.717) is 6.54 Å². The fourth-order valence-electron chi connectivity index (χ4n) is 3.93. The summed E-state index contributed by atoms with van der Waals surface area (Å²) in [5.74, 6) is 2.00. The average Bonchev–Trinajstić information content (AvgIpc) is 3.33. The number of nitrogens with zero attached hydrogens (tertiary/aromatic N) is 5. The van der Waals surface area contributed by atoms with Gasteiger partial charge in [0.05, 0.1) is 11.7 Å². The number of carbonyl (C=O) groups excluding carboxylic acids is 1. The van der Waals surface area contributed by atoms with E-state index < -0.39 is 0 Å². The summed E-state index contributed by atoms with van der Waals surface area (Å²) in [6.07, 6.45) is 2.28. The molecule has 0 bridgehead atoms. The molecule has 0 aliphatic carbocycles. The van der Waals surface area contributed by atoms with E-state index in [0.717, 1.165) is 75.1 Å². The predicted molar refractivity (Wildman–Crippen MR) is 105 cm³/mol. The van der Waals surface area contributed by atoms with E-state index in [1.807, 2.05) is 32.7 Å². The highest BCUT2D eigenvalue weighted by atomic mass is 16.5. The van der Waals surface area contributed by atoms with E-state index in [9.17, 15) is 4.79 Å². The van der Waals surface area contributed by atoms with Crippen molar-refractivity contribution in [2.24, 2.45) is 4.99 Å². The van der Waals surface area contributed by atoms with Gasteiger partial charge in [0.15, 0.2) is 5.96 Å². The van der Waals surface area contributed by atoms with Crippen LogP contribution in [0.2, 0.25) is 0 Å². The summed E-state index contributed by atoms with van der Waals surface area (Å²) in [6.45, 7) is 11.9. The number of hydrogen-bond acceptors (Lipinski definition) is 5. The Labute approximate surface area is 161 Å². The monoisotopic (exact) mass is 376 g/mol. The zero-order chi connectivity index (χ0) is 19.4. The summed E-state index contributed by atoms with van der Waals surface area (Å²) < 4.78 is 5.23. The molecular formula is C19H32N6O2. The van der Waals surface area contributed by atoms with Crippen molar-refractivity contribution in [1.29, 1.82) is 0 Å².